The van der Waals surface area contributed by atoms with Crippen molar-refractivity contribution >= 4 is 5.91 Å². The number of amides is 1. The molecule has 120 valence electrons. The number of nitrogens with one attached hydrogen (secondary N) is 1. The summed E-state index contributed by atoms with van der Waals surface area (Å²) in [7, 11) is 0. The van der Waals surface area contributed by atoms with E-state index in [0.717, 1.165) is 44.3 Å². The third kappa shape index (κ3) is 3.80. The van der Waals surface area contributed by atoms with Crippen molar-refractivity contribution in [3.05, 3.63) is 70.8 Å². The maximum atomic E-state index is 11.9. The molecule has 0 aliphatic carbocycles. The lowest BCUT2D eigenvalue weighted by atomic mass is 9.83. The van der Waals surface area contributed by atoms with Crippen molar-refractivity contribution in [3.8, 4) is 0 Å². The van der Waals surface area contributed by atoms with E-state index >= 15 is 0 Å². The molecule has 1 fully saturated rings. The van der Waals surface area contributed by atoms with Gasteiger partial charge in [0, 0.05) is 5.56 Å². The van der Waals surface area contributed by atoms with Crippen molar-refractivity contribution in [2.24, 2.45) is 5.73 Å². The molecule has 0 unspecified atom stereocenters. The molecule has 1 amide bonds. The van der Waals surface area contributed by atoms with Crippen LogP contribution in [-0.2, 0) is 12.8 Å². The summed E-state index contributed by atoms with van der Waals surface area (Å²) in [5, 5.41) is 3.41. The Labute approximate surface area is 137 Å². The molecule has 3 heteroatoms. The molecule has 0 spiro atoms. The van der Waals surface area contributed by atoms with Crippen LogP contribution >= 0.6 is 0 Å². The summed E-state index contributed by atoms with van der Waals surface area (Å²) in [6.45, 7) is 2.09. The predicted molar refractivity (Wildman–Crippen MR) is 93.7 cm³/mol. The Morgan fingerprint density at radius 2 is 1.74 bits per heavy atom. The maximum absolute atomic E-state index is 11.9. The van der Waals surface area contributed by atoms with Crippen LogP contribution in [0.2, 0.25) is 0 Å². The molecule has 0 bridgehead atoms. The highest BCUT2D eigenvalue weighted by Gasteiger charge is 2.21. The van der Waals surface area contributed by atoms with Gasteiger partial charge in [-0.1, -0.05) is 42.5 Å². The Hall–Kier alpha value is -2.13. The highest BCUT2D eigenvalue weighted by molar-refractivity contribution is 5.94. The second-order valence-electron chi connectivity index (χ2n) is 6.25. The molecular formula is C20H24N2O. The molecule has 0 atom stereocenters. The molecular weight excluding hydrogens is 284 g/mol. The summed E-state index contributed by atoms with van der Waals surface area (Å²) < 4.78 is 0. The number of aryl methyl sites for hydroxylation is 1. The first-order valence-electron chi connectivity index (χ1n) is 8.42. The van der Waals surface area contributed by atoms with Gasteiger partial charge in [0.25, 0.3) is 0 Å². The standard InChI is InChI=1S/C20H24N2O/c21-20(23)19-8-4-7-17(16-11-13-22-14-12-16)18(19)10-9-15-5-2-1-3-6-15/h1-8,16,22H,9-14H2,(H2,21,23). The molecule has 23 heavy (non-hydrogen) atoms. The van der Waals surface area contributed by atoms with Gasteiger partial charge in [0.05, 0.1) is 0 Å². The van der Waals surface area contributed by atoms with Gasteiger partial charge < -0.3 is 11.1 Å². The fourth-order valence-corrected chi connectivity index (χ4v) is 3.54. The summed E-state index contributed by atoms with van der Waals surface area (Å²) in [6.07, 6.45) is 4.05. The minimum Gasteiger partial charge on any atom is -0.366 e. The zero-order valence-electron chi connectivity index (χ0n) is 13.4. The van der Waals surface area contributed by atoms with Crippen LogP contribution in [-0.4, -0.2) is 19.0 Å². The number of nitrogens with two attached hydrogens (primary N) is 1. The number of rotatable bonds is 5. The third-order valence-corrected chi connectivity index (χ3v) is 4.76. The average molecular weight is 308 g/mol. The highest BCUT2D eigenvalue weighted by atomic mass is 16.1. The normalized spacial score (nSPS) is 15.5. The van der Waals surface area contributed by atoms with Gasteiger partial charge in [-0.05, 0) is 67.4 Å². The number of carbonyl (C=O) groups excluding carboxylic acids is 1. The molecule has 1 aliphatic heterocycles. The highest BCUT2D eigenvalue weighted by Crippen LogP contribution is 2.30. The Morgan fingerprint density at radius 1 is 1.00 bits per heavy atom. The summed E-state index contributed by atoms with van der Waals surface area (Å²) in [5.41, 5.74) is 10.1. The number of primary amides is 1. The van der Waals surface area contributed by atoms with Gasteiger partial charge in [0.15, 0.2) is 0 Å². The maximum Gasteiger partial charge on any atom is 0.248 e. The zero-order chi connectivity index (χ0) is 16.1. The van der Waals surface area contributed by atoms with Crippen molar-refractivity contribution in [2.75, 3.05) is 13.1 Å². The zero-order valence-corrected chi connectivity index (χ0v) is 13.4. The van der Waals surface area contributed by atoms with Crippen LogP contribution in [0.15, 0.2) is 48.5 Å². The average Bonchev–Trinajstić information content (AvgIpc) is 2.61. The number of benzene rings is 2. The van der Waals surface area contributed by atoms with E-state index in [1.165, 1.54) is 11.1 Å². The van der Waals surface area contributed by atoms with Crippen LogP contribution in [0.5, 0.6) is 0 Å². The lowest BCUT2D eigenvalue weighted by molar-refractivity contribution is 0.0999. The predicted octanol–water partition coefficient (Wildman–Crippen LogP) is 3.04. The molecule has 3 nitrogen and oxygen atoms in total. The number of piperidine rings is 1. The first kappa shape index (κ1) is 15.8. The topological polar surface area (TPSA) is 55.1 Å². The van der Waals surface area contributed by atoms with Gasteiger partial charge in [-0.15, -0.1) is 0 Å². The lowest BCUT2D eigenvalue weighted by Gasteiger charge is -2.26. The molecule has 3 N–H and O–H groups in total. The van der Waals surface area contributed by atoms with Gasteiger partial charge in [0.2, 0.25) is 5.91 Å². The van der Waals surface area contributed by atoms with E-state index in [-0.39, 0.29) is 5.91 Å². The number of carbonyl (C=O) groups is 1. The van der Waals surface area contributed by atoms with Crippen LogP contribution < -0.4 is 11.1 Å². The number of hydrogen-bond donors (Lipinski definition) is 2. The van der Waals surface area contributed by atoms with Crippen molar-refractivity contribution in [1.29, 1.82) is 0 Å². The van der Waals surface area contributed by atoms with Crippen molar-refractivity contribution in [1.82, 2.24) is 5.32 Å². The molecule has 1 aliphatic rings. The summed E-state index contributed by atoms with van der Waals surface area (Å²) in [5.74, 6) is 0.213. The summed E-state index contributed by atoms with van der Waals surface area (Å²) >= 11 is 0. The molecule has 0 aromatic heterocycles. The van der Waals surface area contributed by atoms with Gasteiger partial charge in [-0.25, -0.2) is 0 Å². The molecule has 3 rings (SSSR count). The molecule has 1 heterocycles. The van der Waals surface area contributed by atoms with Gasteiger partial charge in [-0.2, -0.15) is 0 Å². The van der Waals surface area contributed by atoms with Crippen molar-refractivity contribution < 1.29 is 4.79 Å². The molecule has 0 saturated carbocycles. The van der Waals surface area contributed by atoms with E-state index in [9.17, 15) is 4.79 Å². The molecule has 2 aromatic rings. The smallest absolute Gasteiger partial charge is 0.248 e. The lowest BCUT2D eigenvalue weighted by Crippen LogP contribution is -2.27. The van der Waals surface area contributed by atoms with E-state index < -0.39 is 0 Å². The van der Waals surface area contributed by atoms with E-state index in [4.69, 9.17) is 5.73 Å². The fraction of sp³-hybridized carbons (Fsp3) is 0.350. The molecule has 2 aromatic carbocycles. The van der Waals surface area contributed by atoms with E-state index in [1.807, 2.05) is 18.2 Å². The van der Waals surface area contributed by atoms with Gasteiger partial charge >= 0.3 is 0 Å². The van der Waals surface area contributed by atoms with E-state index in [1.54, 1.807) is 0 Å². The summed E-state index contributed by atoms with van der Waals surface area (Å²) in [6, 6.07) is 16.4. The van der Waals surface area contributed by atoms with Crippen LogP contribution in [0.25, 0.3) is 0 Å². The largest absolute Gasteiger partial charge is 0.366 e. The number of hydrogen-bond acceptors (Lipinski definition) is 2. The van der Waals surface area contributed by atoms with Gasteiger partial charge in [-0.3, -0.25) is 4.79 Å². The second kappa shape index (κ2) is 7.42. The minimum atomic E-state index is -0.316. The first-order chi connectivity index (χ1) is 11.3. The van der Waals surface area contributed by atoms with E-state index in [0.29, 0.717) is 11.5 Å². The Bertz CT molecular complexity index is 661. The fourth-order valence-electron chi connectivity index (χ4n) is 3.54. The van der Waals surface area contributed by atoms with Crippen molar-refractivity contribution in [3.63, 3.8) is 0 Å². The van der Waals surface area contributed by atoms with E-state index in [2.05, 4.69) is 35.6 Å². The molecule has 1 saturated heterocycles. The van der Waals surface area contributed by atoms with Crippen LogP contribution in [0, 0.1) is 0 Å². The van der Waals surface area contributed by atoms with Gasteiger partial charge in [0.1, 0.15) is 0 Å². The second-order valence-corrected chi connectivity index (χ2v) is 6.25. The monoisotopic (exact) mass is 308 g/mol. The Morgan fingerprint density at radius 3 is 2.43 bits per heavy atom. The van der Waals surface area contributed by atoms with Crippen LogP contribution in [0.4, 0.5) is 0 Å². The third-order valence-electron chi connectivity index (χ3n) is 4.76. The SMILES string of the molecule is NC(=O)c1cccc(C2CCNCC2)c1CCc1ccccc1. The van der Waals surface area contributed by atoms with Crippen LogP contribution in [0.3, 0.4) is 0 Å². The Kier molecular flexibility index (Phi) is 5.09. The first-order valence-corrected chi connectivity index (χ1v) is 8.42. The quantitative estimate of drug-likeness (QED) is 0.892. The van der Waals surface area contributed by atoms with Crippen LogP contribution in [0.1, 0.15) is 45.8 Å². The molecule has 0 radical (unpaired) electrons. The van der Waals surface area contributed by atoms with Crippen molar-refractivity contribution in [2.45, 2.75) is 31.6 Å². The minimum absolute atomic E-state index is 0.316. The summed E-state index contributed by atoms with van der Waals surface area (Å²) in [4.78, 5) is 11.9. The Balaban J connectivity index is 1.89.